The van der Waals surface area contributed by atoms with Gasteiger partial charge in [-0.05, 0) is 32.9 Å². The molecular weight excluding hydrogens is 232 g/mol. The van der Waals surface area contributed by atoms with Crippen LogP contribution >= 0.6 is 0 Å². The first kappa shape index (κ1) is 14.0. The minimum absolute atomic E-state index is 0.158. The second kappa shape index (κ2) is 6.05. The van der Waals surface area contributed by atoms with Crippen molar-refractivity contribution < 1.29 is 14.7 Å². The molecule has 0 heterocycles. The summed E-state index contributed by atoms with van der Waals surface area (Å²) in [6, 6.07) is 4.58. The number of carbonyl (C=O) groups excluding carboxylic acids is 1. The molecule has 5 nitrogen and oxygen atoms in total. The van der Waals surface area contributed by atoms with Gasteiger partial charge in [0, 0.05) is 12.2 Å². The van der Waals surface area contributed by atoms with E-state index in [0.29, 0.717) is 12.2 Å². The van der Waals surface area contributed by atoms with Gasteiger partial charge in [-0.3, -0.25) is 4.79 Å². The maximum Gasteiger partial charge on any atom is 0.337 e. The third-order valence-corrected chi connectivity index (χ3v) is 2.52. The average Bonchev–Trinajstić information content (AvgIpc) is 2.31. The highest BCUT2D eigenvalue weighted by Gasteiger charge is 2.16. The van der Waals surface area contributed by atoms with Gasteiger partial charge in [-0.15, -0.1) is 0 Å². The number of likely N-dealkylation sites (N-methyl/N-ethyl adjacent to an activating group) is 1. The zero-order valence-electron chi connectivity index (χ0n) is 10.8. The molecule has 0 radical (unpaired) electrons. The lowest BCUT2D eigenvalue weighted by Gasteiger charge is -2.16. The van der Waals surface area contributed by atoms with Gasteiger partial charge in [0.15, 0.2) is 0 Å². The quantitative estimate of drug-likeness (QED) is 0.742. The molecule has 1 aromatic carbocycles. The summed E-state index contributed by atoms with van der Waals surface area (Å²) in [5.74, 6) is -1.17. The van der Waals surface area contributed by atoms with E-state index in [2.05, 4.69) is 10.6 Å². The van der Waals surface area contributed by atoms with Gasteiger partial charge < -0.3 is 15.7 Å². The predicted octanol–water partition coefficient (Wildman–Crippen LogP) is 1.63. The summed E-state index contributed by atoms with van der Waals surface area (Å²) in [5, 5.41) is 14.7. The summed E-state index contributed by atoms with van der Waals surface area (Å²) in [4.78, 5) is 22.7. The predicted molar refractivity (Wildman–Crippen MR) is 69.9 cm³/mol. The molecule has 0 spiro atoms. The minimum Gasteiger partial charge on any atom is -0.478 e. The van der Waals surface area contributed by atoms with Gasteiger partial charge in [-0.1, -0.05) is 11.6 Å². The Morgan fingerprint density at radius 3 is 2.61 bits per heavy atom. The molecule has 1 atom stereocenters. The fourth-order valence-corrected chi connectivity index (χ4v) is 1.59. The van der Waals surface area contributed by atoms with E-state index >= 15 is 0 Å². The van der Waals surface area contributed by atoms with Crippen LogP contribution in [0.1, 0.15) is 29.8 Å². The summed E-state index contributed by atoms with van der Waals surface area (Å²) in [6.07, 6.45) is 0. The maximum atomic E-state index is 11.6. The van der Waals surface area contributed by atoms with Gasteiger partial charge >= 0.3 is 5.97 Å². The van der Waals surface area contributed by atoms with Gasteiger partial charge in [0.1, 0.15) is 6.04 Å². The van der Waals surface area contributed by atoms with Crippen LogP contribution in [0.3, 0.4) is 0 Å². The van der Waals surface area contributed by atoms with Crippen molar-refractivity contribution in [3.8, 4) is 0 Å². The zero-order chi connectivity index (χ0) is 13.7. The van der Waals surface area contributed by atoms with Crippen molar-refractivity contribution in [2.24, 2.45) is 0 Å². The summed E-state index contributed by atoms with van der Waals surface area (Å²) in [7, 11) is 0. The first-order chi connectivity index (χ1) is 8.45. The number of amides is 1. The molecule has 18 heavy (non-hydrogen) atoms. The van der Waals surface area contributed by atoms with Gasteiger partial charge in [-0.2, -0.15) is 0 Å². The van der Waals surface area contributed by atoms with Crippen LogP contribution in [0.5, 0.6) is 0 Å². The van der Waals surface area contributed by atoms with Crippen molar-refractivity contribution in [1.29, 1.82) is 0 Å². The first-order valence-electron chi connectivity index (χ1n) is 5.84. The fraction of sp³-hybridized carbons (Fsp3) is 0.385. The van der Waals surface area contributed by atoms with Crippen molar-refractivity contribution in [3.63, 3.8) is 0 Å². The summed E-state index contributed by atoms with van der Waals surface area (Å²) in [5.41, 5.74) is 1.49. The molecule has 1 rings (SSSR count). The number of carboxylic acids is 1. The van der Waals surface area contributed by atoms with Crippen molar-refractivity contribution in [1.82, 2.24) is 5.32 Å². The fourth-order valence-electron chi connectivity index (χ4n) is 1.59. The molecule has 0 aliphatic rings. The molecule has 1 aromatic rings. The minimum atomic E-state index is -1.01. The van der Waals surface area contributed by atoms with Crippen molar-refractivity contribution in [2.45, 2.75) is 26.8 Å². The average molecular weight is 250 g/mol. The third kappa shape index (κ3) is 3.48. The molecule has 0 fully saturated rings. The Morgan fingerprint density at radius 1 is 1.39 bits per heavy atom. The highest BCUT2D eigenvalue weighted by Crippen LogP contribution is 2.18. The Bertz CT molecular complexity index is 458. The molecule has 0 saturated heterocycles. The van der Waals surface area contributed by atoms with Crippen molar-refractivity contribution in [2.75, 3.05) is 11.9 Å². The molecule has 98 valence electrons. The lowest BCUT2D eigenvalue weighted by atomic mass is 10.1. The van der Waals surface area contributed by atoms with Crippen LogP contribution in [0.15, 0.2) is 18.2 Å². The topological polar surface area (TPSA) is 78.4 Å². The lowest BCUT2D eigenvalue weighted by Crippen LogP contribution is -2.37. The van der Waals surface area contributed by atoms with E-state index < -0.39 is 12.0 Å². The van der Waals surface area contributed by atoms with Crippen LogP contribution in [0.25, 0.3) is 0 Å². The Kier molecular flexibility index (Phi) is 4.71. The van der Waals surface area contributed by atoms with Gasteiger partial charge in [0.25, 0.3) is 0 Å². The summed E-state index contributed by atoms with van der Waals surface area (Å²) in [6.45, 7) is 5.89. The molecule has 0 bridgehead atoms. The Morgan fingerprint density at radius 2 is 2.06 bits per heavy atom. The number of hydrogen-bond donors (Lipinski definition) is 3. The van der Waals surface area contributed by atoms with Crippen LogP contribution in [0.4, 0.5) is 5.69 Å². The van der Waals surface area contributed by atoms with E-state index in [1.807, 2.05) is 13.8 Å². The highest BCUT2D eigenvalue weighted by atomic mass is 16.4. The standard InChI is InChI=1S/C13H18N2O3/c1-4-14-12(16)9(3)15-11-6-5-8(2)7-10(11)13(17)18/h5-7,9,15H,4H2,1-3H3,(H,14,16)(H,17,18). The van der Waals surface area contributed by atoms with Crippen LogP contribution < -0.4 is 10.6 Å². The number of carboxylic acid groups (broad SMARTS) is 1. The van der Waals surface area contributed by atoms with E-state index in [-0.39, 0.29) is 11.5 Å². The second-order valence-electron chi connectivity index (χ2n) is 4.11. The third-order valence-electron chi connectivity index (χ3n) is 2.52. The van der Waals surface area contributed by atoms with Gasteiger partial charge in [0.2, 0.25) is 5.91 Å². The maximum absolute atomic E-state index is 11.6. The molecule has 0 aromatic heterocycles. The monoisotopic (exact) mass is 250 g/mol. The van der Waals surface area contributed by atoms with Crippen LogP contribution in [-0.4, -0.2) is 29.6 Å². The van der Waals surface area contributed by atoms with E-state index in [1.165, 1.54) is 0 Å². The number of rotatable bonds is 5. The second-order valence-corrected chi connectivity index (χ2v) is 4.11. The Labute approximate surface area is 106 Å². The van der Waals surface area contributed by atoms with Crippen molar-refractivity contribution in [3.05, 3.63) is 29.3 Å². The van der Waals surface area contributed by atoms with Crippen molar-refractivity contribution >= 4 is 17.6 Å². The van der Waals surface area contributed by atoms with Crippen LogP contribution in [-0.2, 0) is 4.79 Å². The molecule has 0 aliphatic heterocycles. The number of aryl methyl sites for hydroxylation is 1. The molecule has 1 amide bonds. The number of carbonyl (C=O) groups is 2. The largest absolute Gasteiger partial charge is 0.478 e. The van der Waals surface area contributed by atoms with E-state index in [1.54, 1.807) is 25.1 Å². The highest BCUT2D eigenvalue weighted by molar-refractivity contribution is 5.95. The van der Waals surface area contributed by atoms with E-state index in [0.717, 1.165) is 5.56 Å². The van der Waals surface area contributed by atoms with E-state index in [9.17, 15) is 9.59 Å². The SMILES string of the molecule is CCNC(=O)C(C)Nc1ccc(C)cc1C(=O)O. The van der Waals surface area contributed by atoms with Gasteiger partial charge in [0.05, 0.1) is 5.56 Å². The molecule has 1 unspecified atom stereocenters. The number of benzene rings is 1. The molecule has 5 heteroatoms. The molecular formula is C13H18N2O3. The lowest BCUT2D eigenvalue weighted by molar-refractivity contribution is -0.121. The van der Waals surface area contributed by atoms with Crippen LogP contribution in [0.2, 0.25) is 0 Å². The molecule has 0 saturated carbocycles. The first-order valence-corrected chi connectivity index (χ1v) is 5.84. The number of nitrogens with one attached hydrogen (secondary N) is 2. The summed E-state index contributed by atoms with van der Waals surface area (Å²) < 4.78 is 0. The number of aromatic carboxylic acids is 1. The van der Waals surface area contributed by atoms with Crippen LogP contribution in [0, 0.1) is 6.92 Å². The molecule has 3 N–H and O–H groups in total. The normalized spacial score (nSPS) is 11.7. The smallest absolute Gasteiger partial charge is 0.337 e. The molecule has 0 aliphatic carbocycles. The van der Waals surface area contributed by atoms with Gasteiger partial charge in [-0.25, -0.2) is 4.79 Å². The number of hydrogen-bond acceptors (Lipinski definition) is 3. The van der Waals surface area contributed by atoms with E-state index in [4.69, 9.17) is 5.11 Å². The number of anilines is 1. The summed E-state index contributed by atoms with van der Waals surface area (Å²) >= 11 is 0. The Hall–Kier alpha value is -2.04. The Balaban J connectivity index is 2.90. The zero-order valence-corrected chi connectivity index (χ0v) is 10.8.